The number of aromatic nitrogens is 2. The minimum atomic E-state index is -3.44. The maximum Gasteiger partial charge on any atom is 0.236 e. The summed E-state index contributed by atoms with van der Waals surface area (Å²) in [6, 6.07) is 5.59. The molecule has 0 bridgehead atoms. The normalized spacial score (nSPS) is 19.5. The van der Waals surface area contributed by atoms with E-state index < -0.39 is 10.0 Å². The van der Waals surface area contributed by atoms with Crippen LogP contribution < -0.4 is 4.72 Å². The quantitative estimate of drug-likeness (QED) is 0.883. The van der Waals surface area contributed by atoms with Crippen LogP contribution in [-0.2, 0) is 14.8 Å². The molecule has 3 heterocycles. The number of anilines is 1. The van der Waals surface area contributed by atoms with Crippen LogP contribution in [0.3, 0.4) is 0 Å². The topological polar surface area (TPSA) is 84.1 Å². The van der Waals surface area contributed by atoms with Crippen molar-refractivity contribution in [3.8, 4) is 10.6 Å². The van der Waals surface area contributed by atoms with E-state index in [0.717, 1.165) is 29.8 Å². The van der Waals surface area contributed by atoms with Crippen LogP contribution in [0.15, 0.2) is 23.6 Å². The van der Waals surface area contributed by atoms with Gasteiger partial charge in [-0.2, -0.15) is 5.10 Å². The first kappa shape index (κ1) is 14.6. The van der Waals surface area contributed by atoms with Crippen LogP contribution in [0.5, 0.6) is 0 Å². The van der Waals surface area contributed by atoms with E-state index in [-0.39, 0.29) is 11.9 Å². The van der Waals surface area contributed by atoms with E-state index in [4.69, 9.17) is 4.74 Å². The van der Waals surface area contributed by atoms with E-state index in [1.165, 1.54) is 0 Å². The fourth-order valence-corrected chi connectivity index (χ4v) is 4.27. The molecule has 1 atom stereocenters. The summed E-state index contributed by atoms with van der Waals surface area (Å²) in [4.78, 5) is 1.02. The molecule has 3 rings (SSSR count). The van der Waals surface area contributed by atoms with Crippen LogP contribution in [0.4, 0.5) is 5.82 Å². The lowest BCUT2D eigenvalue weighted by atomic mass is 10.1. The molecule has 0 radical (unpaired) electrons. The van der Waals surface area contributed by atoms with E-state index in [1.807, 2.05) is 17.5 Å². The zero-order chi connectivity index (χ0) is 14.7. The second-order valence-corrected chi connectivity index (χ2v) is 7.73. The average molecular weight is 327 g/mol. The molecule has 21 heavy (non-hydrogen) atoms. The molecule has 0 aliphatic carbocycles. The monoisotopic (exact) mass is 327 g/mol. The Morgan fingerprint density at radius 1 is 1.48 bits per heavy atom. The molecule has 1 aliphatic rings. The summed E-state index contributed by atoms with van der Waals surface area (Å²) < 4.78 is 32.2. The van der Waals surface area contributed by atoms with Gasteiger partial charge in [-0.3, -0.25) is 9.82 Å². The first-order valence-electron chi connectivity index (χ1n) is 6.84. The van der Waals surface area contributed by atoms with Crippen molar-refractivity contribution in [3.05, 3.63) is 23.6 Å². The molecule has 2 aromatic rings. The number of sulfonamides is 1. The molecule has 8 heteroatoms. The molecule has 0 saturated carbocycles. The van der Waals surface area contributed by atoms with Gasteiger partial charge < -0.3 is 4.74 Å². The van der Waals surface area contributed by atoms with Crippen molar-refractivity contribution in [1.29, 1.82) is 0 Å². The predicted molar refractivity (Wildman–Crippen MR) is 82.9 cm³/mol. The Labute approximate surface area is 127 Å². The predicted octanol–water partition coefficient (Wildman–Crippen LogP) is 2.45. The molecular weight excluding hydrogens is 310 g/mol. The molecule has 0 spiro atoms. The van der Waals surface area contributed by atoms with E-state index in [9.17, 15) is 8.42 Å². The third kappa shape index (κ3) is 3.84. The molecule has 2 N–H and O–H groups in total. The molecule has 114 valence electrons. The van der Waals surface area contributed by atoms with Gasteiger partial charge in [0.05, 0.1) is 22.4 Å². The Balaban J connectivity index is 1.65. The summed E-state index contributed by atoms with van der Waals surface area (Å²) in [5.41, 5.74) is 0.802. The Morgan fingerprint density at radius 3 is 3.10 bits per heavy atom. The summed E-state index contributed by atoms with van der Waals surface area (Å²) >= 11 is 1.57. The summed E-state index contributed by atoms with van der Waals surface area (Å²) in [7, 11) is -3.44. The Kier molecular flexibility index (Phi) is 4.27. The average Bonchev–Trinajstić information content (AvgIpc) is 3.09. The van der Waals surface area contributed by atoms with Gasteiger partial charge >= 0.3 is 0 Å². The zero-order valence-corrected chi connectivity index (χ0v) is 13.0. The summed E-state index contributed by atoms with van der Waals surface area (Å²) in [5, 5.41) is 8.80. The van der Waals surface area contributed by atoms with Crippen molar-refractivity contribution in [3.63, 3.8) is 0 Å². The van der Waals surface area contributed by atoms with Gasteiger partial charge in [-0.15, -0.1) is 11.3 Å². The molecule has 0 aromatic carbocycles. The van der Waals surface area contributed by atoms with Crippen LogP contribution >= 0.6 is 11.3 Å². The SMILES string of the molecule is O=S(=O)(C[C@H]1CCCCO1)Nc1cc(-c2cccs2)[nH]n1. The van der Waals surface area contributed by atoms with Crippen LogP contribution in [0, 0.1) is 0 Å². The van der Waals surface area contributed by atoms with Crippen LogP contribution in [0.1, 0.15) is 19.3 Å². The van der Waals surface area contributed by atoms with Crippen molar-refractivity contribution in [1.82, 2.24) is 10.2 Å². The van der Waals surface area contributed by atoms with Crippen LogP contribution in [0.25, 0.3) is 10.6 Å². The number of H-pyrrole nitrogens is 1. The van der Waals surface area contributed by atoms with E-state index in [0.29, 0.717) is 12.4 Å². The number of hydrogen-bond donors (Lipinski definition) is 2. The highest BCUT2D eigenvalue weighted by molar-refractivity contribution is 7.92. The van der Waals surface area contributed by atoms with E-state index >= 15 is 0 Å². The lowest BCUT2D eigenvalue weighted by Crippen LogP contribution is -2.30. The first-order chi connectivity index (χ1) is 10.1. The van der Waals surface area contributed by atoms with Gasteiger partial charge in [-0.25, -0.2) is 8.42 Å². The number of nitrogens with zero attached hydrogens (tertiary/aromatic N) is 1. The standard InChI is InChI=1S/C13H17N3O3S2/c17-21(18,9-10-4-1-2-6-19-10)16-13-8-11(14-15-13)12-5-3-7-20-12/h3,5,7-8,10H,1-2,4,6,9H2,(H2,14,15,16)/t10-/m1/s1. The first-order valence-corrected chi connectivity index (χ1v) is 9.37. The Morgan fingerprint density at radius 2 is 2.38 bits per heavy atom. The number of hydrogen-bond acceptors (Lipinski definition) is 5. The number of rotatable bonds is 5. The van der Waals surface area contributed by atoms with Gasteiger partial charge in [-0.1, -0.05) is 6.07 Å². The van der Waals surface area contributed by atoms with Gasteiger partial charge in [0.25, 0.3) is 0 Å². The summed E-state index contributed by atoms with van der Waals surface area (Å²) in [6.07, 6.45) is 2.60. The summed E-state index contributed by atoms with van der Waals surface area (Å²) in [5.74, 6) is 0.294. The lowest BCUT2D eigenvalue weighted by Gasteiger charge is -2.22. The molecule has 0 amide bonds. The van der Waals surface area contributed by atoms with Crippen LogP contribution in [-0.4, -0.2) is 37.1 Å². The van der Waals surface area contributed by atoms with Crippen molar-refractivity contribution in [2.45, 2.75) is 25.4 Å². The molecule has 0 unspecified atom stereocenters. The highest BCUT2D eigenvalue weighted by atomic mass is 32.2. The fraction of sp³-hybridized carbons (Fsp3) is 0.462. The van der Waals surface area contributed by atoms with E-state index in [1.54, 1.807) is 17.4 Å². The van der Waals surface area contributed by atoms with Gasteiger partial charge in [0, 0.05) is 12.7 Å². The van der Waals surface area contributed by atoms with Crippen LogP contribution in [0.2, 0.25) is 0 Å². The van der Waals surface area contributed by atoms with Crippen molar-refractivity contribution in [2.75, 3.05) is 17.1 Å². The smallest absolute Gasteiger partial charge is 0.236 e. The van der Waals surface area contributed by atoms with Crippen molar-refractivity contribution in [2.24, 2.45) is 0 Å². The van der Waals surface area contributed by atoms with E-state index in [2.05, 4.69) is 14.9 Å². The number of thiophene rings is 1. The molecule has 1 saturated heterocycles. The summed E-state index contributed by atoms with van der Waals surface area (Å²) in [6.45, 7) is 0.644. The molecule has 2 aromatic heterocycles. The van der Waals surface area contributed by atoms with Gasteiger partial charge in [0.2, 0.25) is 10.0 Å². The van der Waals surface area contributed by atoms with Gasteiger partial charge in [-0.05, 0) is 30.7 Å². The largest absolute Gasteiger partial charge is 0.377 e. The van der Waals surface area contributed by atoms with Gasteiger partial charge in [0.15, 0.2) is 5.82 Å². The maximum atomic E-state index is 12.1. The fourth-order valence-electron chi connectivity index (χ4n) is 2.32. The second kappa shape index (κ2) is 6.17. The van der Waals surface area contributed by atoms with Crippen molar-refractivity contribution < 1.29 is 13.2 Å². The lowest BCUT2D eigenvalue weighted by molar-refractivity contribution is 0.0306. The highest BCUT2D eigenvalue weighted by Gasteiger charge is 2.22. The number of nitrogens with one attached hydrogen (secondary N) is 2. The second-order valence-electron chi connectivity index (χ2n) is 5.02. The zero-order valence-electron chi connectivity index (χ0n) is 11.4. The molecular formula is C13H17N3O3S2. The minimum absolute atomic E-state index is 0.0196. The third-order valence-electron chi connectivity index (χ3n) is 3.30. The minimum Gasteiger partial charge on any atom is -0.377 e. The molecule has 6 nitrogen and oxygen atoms in total. The third-order valence-corrected chi connectivity index (χ3v) is 5.54. The van der Waals surface area contributed by atoms with Crippen molar-refractivity contribution >= 4 is 27.2 Å². The number of aromatic amines is 1. The Bertz CT molecular complexity index is 673. The Hall–Kier alpha value is -1.38. The van der Waals surface area contributed by atoms with Gasteiger partial charge in [0.1, 0.15) is 0 Å². The molecule has 1 fully saturated rings. The highest BCUT2D eigenvalue weighted by Crippen LogP contribution is 2.25. The maximum absolute atomic E-state index is 12.1. The number of ether oxygens (including phenoxy) is 1. The molecule has 1 aliphatic heterocycles.